The van der Waals surface area contributed by atoms with Gasteiger partial charge in [0, 0.05) is 48.3 Å². The fourth-order valence-electron chi connectivity index (χ4n) is 3.53. The topological polar surface area (TPSA) is 48.1 Å². The van der Waals surface area contributed by atoms with Crippen molar-refractivity contribution in [1.29, 1.82) is 0 Å². The summed E-state index contributed by atoms with van der Waals surface area (Å²) in [6.07, 6.45) is 3.03. The van der Waals surface area contributed by atoms with Gasteiger partial charge in [-0.3, -0.25) is 4.79 Å². The molecule has 98 valence electrons. The van der Waals surface area contributed by atoms with E-state index in [4.69, 9.17) is 0 Å². The number of hydrogen-bond donors (Lipinski definition) is 2. The van der Waals surface area contributed by atoms with E-state index in [0.29, 0.717) is 12.0 Å². The number of aromatic amines is 1. The van der Waals surface area contributed by atoms with Gasteiger partial charge in [-0.05, 0) is 30.5 Å². The number of carbonyl (C=O) groups is 1. The number of carbonyl (C=O) groups excluding carboxylic acids is 1. The zero-order chi connectivity index (χ0) is 12.8. The maximum absolute atomic E-state index is 12.8. The third kappa shape index (κ3) is 1.60. The number of aromatic nitrogens is 1. The van der Waals surface area contributed by atoms with Crippen LogP contribution in [0.2, 0.25) is 0 Å². The number of hydrogen-bond acceptors (Lipinski definition) is 2. The fraction of sp³-hybridized carbons (Fsp3) is 0.400. The molecule has 0 unspecified atom stereocenters. The summed E-state index contributed by atoms with van der Waals surface area (Å²) in [5.74, 6) is 0.829. The number of amides is 1. The van der Waals surface area contributed by atoms with Crippen molar-refractivity contribution < 1.29 is 4.79 Å². The van der Waals surface area contributed by atoms with E-state index in [1.807, 2.05) is 30.5 Å². The van der Waals surface area contributed by atoms with Crippen molar-refractivity contribution in [3.8, 4) is 0 Å². The zero-order valence-corrected chi connectivity index (χ0v) is 10.7. The van der Waals surface area contributed by atoms with Crippen LogP contribution in [0.1, 0.15) is 16.8 Å². The Balaban J connectivity index is 1.72. The summed E-state index contributed by atoms with van der Waals surface area (Å²) in [4.78, 5) is 18.0. The van der Waals surface area contributed by atoms with Gasteiger partial charge in [0.15, 0.2) is 0 Å². The molecule has 0 spiro atoms. The molecule has 1 aromatic carbocycles. The molecule has 0 saturated carbocycles. The van der Waals surface area contributed by atoms with E-state index in [-0.39, 0.29) is 5.91 Å². The lowest BCUT2D eigenvalue weighted by molar-refractivity contribution is 0.0739. The maximum atomic E-state index is 12.8. The smallest absolute Gasteiger partial charge is 0.254 e. The number of rotatable bonds is 1. The van der Waals surface area contributed by atoms with Gasteiger partial charge in [0.1, 0.15) is 0 Å². The summed E-state index contributed by atoms with van der Waals surface area (Å²) in [6, 6.07) is 8.28. The highest BCUT2D eigenvalue weighted by molar-refractivity contribution is 6.06. The lowest BCUT2D eigenvalue weighted by atomic mass is 10.0. The van der Waals surface area contributed by atoms with E-state index in [1.165, 1.54) is 0 Å². The third-order valence-electron chi connectivity index (χ3n) is 4.53. The number of nitrogens with one attached hydrogen (secondary N) is 2. The van der Waals surface area contributed by atoms with E-state index in [0.717, 1.165) is 42.5 Å². The van der Waals surface area contributed by atoms with E-state index < -0.39 is 0 Å². The first kappa shape index (κ1) is 11.1. The number of nitrogens with zero attached hydrogens (tertiary/aromatic N) is 1. The van der Waals surface area contributed by atoms with Gasteiger partial charge in [-0.2, -0.15) is 0 Å². The van der Waals surface area contributed by atoms with Crippen LogP contribution in [0.25, 0.3) is 10.9 Å². The third-order valence-corrected chi connectivity index (χ3v) is 4.53. The molecule has 2 N–H and O–H groups in total. The van der Waals surface area contributed by atoms with Gasteiger partial charge in [-0.25, -0.2) is 0 Å². The Labute approximate surface area is 111 Å². The van der Waals surface area contributed by atoms with Crippen molar-refractivity contribution in [2.24, 2.45) is 5.92 Å². The van der Waals surface area contributed by atoms with Crippen LogP contribution in [0.5, 0.6) is 0 Å². The van der Waals surface area contributed by atoms with Crippen LogP contribution in [0, 0.1) is 5.92 Å². The molecule has 4 nitrogen and oxygen atoms in total. The quantitative estimate of drug-likeness (QED) is 0.813. The second-order valence-corrected chi connectivity index (χ2v) is 5.52. The van der Waals surface area contributed by atoms with Crippen molar-refractivity contribution in [2.45, 2.75) is 12.5 Å². The van der Waals surface area contributed by atoms with E-state index in [9.17, 15) is 4.79 Å². The minimum absolute atomic E-state index is 0.182. The Kier molecular flexibility index (Phi) is 2.38. The first-order valence-electron chi connectivity index (χ1n) is 6.92. The summed E-state index contributed by atoms with van der Waals surface area (Å²) < 4.78 is 0. The number of likely N-dealkylation sites (tertiary alicyclic amines) is 1. The predicted molar refractivity (Wildman–Crippen MR) is 74.1 cm³/mol. The molecule has 0 aliphatic carbocycles. The minimum atomic E-state index is 0.182. The van der Waals surface area contributed by atoms with Crippen LogP contribution in [0.4, 0.5) is 0 Å². The van der Waals surface area contributed by atoms with Crippen LogP contribution < -0.4 is 5.32 Å². The summed E-state index contributed by atoms with van der Waals surface area (Å²) in [5.41, 5.74) is 1.86. The van der Waals surface area contributed by atoms with Gasteiger partial charge in [0.05, 0.1) is 0 Å². The number of H-pyrrole nitrogens is 1. The first-order chi connectivity index (χ1) is 9.34. The van der Waals surface area contributed by atoms with Crippen LogP contribution >= 0.6 is 0 Å². The predicted octanol–water partition coefficient (Wildman–Crippen LogP) is 1.60. The van der Waals surface area contributed by atoms with Gasteiger partial charge in [0.25, 0.3) is 5.91 Å². The second kappa shape index (κ2) is 4.10. The molecular formula is C15H17N3O. The average molecular weight is 255 g/mol. The summed E-state index contributed by atoms with van der Waals surface area (Å²) in [7, 11) is 0. The van der Waals surface area contributed by atoms with Gasteiger partial charge in [-0.1, -0.05) is 6.07 Å². The van der Waals surface area contributed by atoms with E-state index >= 15 is 0 Å². The SMILES string of the molecule is O=C(c1cccc2[nH]ccc12)N1CC[C@H]2CNC[C@H]21. The normalized spacial score (nSPS) is 26.0. The van der Waals surface area contributed by atoms with Crippen molar-refractivity contribution in [2.75, 3.05) is 19.6 Å². The number of fused-ring (bicyclic) bond motifs is 2. The van der Waals surface area contributed by atoms with Gasteiger partial charge in [-0.15, -0.1) is 0 Å². The van der Waals surface area contributed by atoms with Crippen LogP contribution in [0.3, 0.4) is 0 Å². The monoisotopic (exact) mass is 255 g/mol. The molecule has 0 bridgehead atoms. The molecule has 1 aromatic heterocycles. The van der Waals surface area contributed by atoms with E-state index in [1.54, 1.807) is 0 Å². The summed E-state index contributed by atoms with van der Waals surface area (Å²) in [5, 5.41) is 4.42. The minimum Gasteiger partial charge on any atom is -0.361 e. The lowest BCUT2D eigenvalue weighted by Crippen LogP contribution is -2.39. The highest BCUT2D eigenvalue weighted by atomic mass is 16.2. The molecule has 2 aromatic rings. The Morgan fingerprint density at radius 3 is 3.16 bits per heavy atom. The molecule has 1 amide bonds. The highest BCUT2D eigenvalue weighted by Gasteiger charge is 2.40. The fourth-order valence-corrected chi connectivity index (χ4v) is 3.53. The standard InChI is InChI=1S/C15H17N3O/c19-15(18-7-5-10-8-16-9-14(10)18)12-2-1-3-13-11(12)4-6-17-13/h1-4,6,10,14,16-17H,5,7-9H2/t10-,14+/m0/s1. The Bertz CT molecular complexity index is 633. The maximum Gasteiger partial charge on any atom is 0.254 e. The molecule has 19 heavy (non-hydrogen) atoms. The Morgan fingerprint density at radius 1 is 1.26 bits per heavy atom. The van der Waals surface area contributed by atoms with E-state index in [2.05, 4.69) is 15.2 Å². The molecule has 2 aliphatic rings. The van der Waals surface area contributed by atoms with Crippen molar-refractivity contribution in [1.82, 2.24) is 15.2 Å². The zero-order valence-electron chi connectivity index (χ0n) is 10.7. The van der Waals surface area contributed by atoms with Crippen LogP contribution in [-0.4, -0.2) is 41.5 Å². The van der Waals surface area contributed by atoms with Gasteiger partial charge >= 0.3 is 0 Å². The Morgan fingerprint density at radius 2 is 2.21 bits per heavy atom. The molecule has 2 atom stereocenters. The number of benzene rings is 1. The van der Waals surface area contributed by atoms with Crippen molar-refractivity contribution in [3.63, 3.8) is 0 Å². The highest BCUT2D eigenvalue weighted by Crippen LogP contribution is 2.30. The van der Waals surface area contributed by atoms with Gasteiger partial charge in [0.2, 0.25) is 0 Å². The van der Waals surface area contributed by atoms with Crippen LogP contribution in [0.15, 0.2) is 30.5 Å². The average Bonchev–Trinajstić information content (AvgIpc) is 3.12. The van der Waals surface area contributed by atoms with Gasteiger partial charge < -0.3 is 15.2 Å². The largest absolute Gasteiger partial charge is 0.361 e. The van der Waals surface area contributed by atoms with Crippen LogP contribution in [-0.2, 0) is 0 Å². The molecule has 0 radical (unpaired) electrons. The molecular weight excluding hydrogens is 238 g/mol. The van der Waals surface area contributed by atoms with Crippen molar-refractivity contribution in [3.05, 3.63) is 36.0 Å². The summed E-state index contributed by atoms with van der Waals surface area (Å²) in [6.45, 7) is 2.90. The first-order valence-corrected chi connectivity index (χ1v) is 6.92. The second-order valence-electron chi connectivity index (χ2n) is 5.52. The Hall–Kier alpha value is -1.81. The molecule has 2 saturated heterocycles. The molecule has 2 fully saturated rings. The lowest BCUT2D eigenvalue weighted by Gasteiger charge is -2.23. The van der Waals surface area contributed by atoms with Crippen molar-refractivity contribution >= 4 is 16.8 Å². The molecule has 4 heteroatoms. The molecule has 4 rings (SSSR count). The summed E-state index contributed by atoms with van der Waals surface area (Å²) >= 11 is 0. The molecule has 2 aliphatic heterocycles. The molecule has 3 heterocycles.